The van der Waals surface area contributed by atoms with Gasteiger partial charge in [-0.25, -0.2) is 4.98 Å². The van der Waals surface area contributed by atoms with E-state index < -0.39 is 0 Å². The minimum Gasteiger partial charge on any atom is -0.337 e. The maximum Gasteiger partial charge on any atom is 0.0946 e. The quantitative estimate of drug-likeness (QED) is 0.810. The molecule has 2 aromatic rings. The summed E-state index contributed by atoms with van der Waals surface area (Å²) in [5, 5.41) is 4.35. The van der Waals surface area contributed by atoms with Gasteiger partial charge in [0, 0.05) is 37.9 Å². The van der Waals surface area contributed by atoms with Crippen molar-refractivity contribution in [3.05, 3.63) is 37.2 Å². The maximum absolute atomic E-state index is 4.35. The fourth-order valence-electron chi connectivity index (χ4n) is 3.10. The second kappa shape index (κ2) is 5.38. The zero-order valence-electron chi connectivity index (χ0n) is 10.7. The summed E-state index contributed by atoms with van der Waals surface area (Å²) in [5.74, 6) is 1.51. The molecule has 3 rings (SSSR count). The number of aromatic nitrogens is 4. The number of imidazole rings is 1. The Kier molecular flexibility index (Phi) is 3.44. The normalized spacial score (nSPS) is 18.2. The summed E-state index contributed by atoms with van der Waals surface area (Å²) >= 11 is 0. The first-order valence-corrected chi connectivity index (χ1v) is 6.85. The molecule has 4 nitrogen and oxygen atoms in total. The Bertz CT molecular complexity index is 404. The third-order valence-corrected chi connectivity index (χ3v) is 4.05. The van der Waals surface area contributed by atoms with Crippen molar-refractivity contribution in [2.75, 3.05) is 0 Å². The summed E-state index contributed by atoms with van der Waals surface area (Å²) in [6, 6.07) is 2.00. The lowest BCUT2D eigenvalue weighted by Crippen LogP contribution is -2.23. The summed E-state index contributed by atoms with van der Waals surface area (Å²) in [5.41, 5.74) is 0. The average molecular weight is 244 g/mol. The lowest BCUT2D eigenvalue weighted by molar-refractivity contribution is 0.254. The Balaban J connectivity index is 1.70. The number of hydrogen-bond acceptors (Lipinski definition) is 2. The van der Waals surface area contributed by atoms with Crippen molar-refractivity contribution < 1.29 is 0 Å². The second-order valence-corrected chi connectivity index (χ2v) is 5.29. The molecule has 1 fully saturated rings. The smallest absolute Gasteiger partial charge is 0.0946 e. The van der Waals surface area contributed by atoms with Gasteiger partial charge in [0.05, 0.1) is 6.33 Å². The van der Waals surface area contributed by atoms with Crippen LogP contribution in [0.3, 0.4) is 0 Å². The minimum absolute atomic E-state index is 0.668. The van der Waals surface area contributed by atoms with Crippen LogP contribution in [-0.4, -0.2) is 19.3 Å². The Hall–Kier alpha value is -1.58. The number of nitrogens with zero attached hydrogens (tertiary/aromatic N) is 4. The first-order valence-electron chi connectivity index (χ1n) is 6.85. The molecule has 0 amide bonds. The van der Waals surface area contributed by atoms with Gasteiger partial charge in [-0.2, -0.15) is 5.10 Å². The SMILES string of the molecule is c1cnn(CC(Cn2ccnc2)C2CCCC2)c1. The van der Waals surface area contributed by atoms with Gasteiger partial charge in [-0.05, 0) is 17.9 Å². The first kappa shape index (κ1) is 11.5. The van der Waals surface area contributed by atoms with Gasteiger partial charge < -0.3 is 4.57 Å². The zero-order valence-corrected chi connectivity index (χ0v) is 10.7. The van der Waals surface area contributed by atoms with Gasteiger partial charge >= 0.3 is 0 Å². The highest BCUT2D eigenvalue weighted by molar-refractivity contribution is 4.83. The molecule has 1 aliphatic rings. The van der Waals surface area contributed by atoms with E-state index >= 15 is 0 Å². The average Bonchev–Trinajstić information content (AvgIpc) is 3.13. The van der Waals surface area contributed by atoms with E-state index in [1.165, 1.54) is 25.7 Å². The molecule has 1 atom stereocenters. The molecular weight excluding hydrogens is 224 g/mol. The Labute approximate surface area is 108 Å². The van der Waals surface area contributed by atoms with E-state index in [1.807, 2.05) is 24.8 Å². The Morgan fingerprint density at radius 2 is 2.00 bits per heavy atom. The Morgan fingerprint density at radius 1 is 1.11 bits per heavy atom. The summed E-state index contributed by atoms with van der Waals surface area (Å²) in [4.78, 5) is 4.14. The van der Waals surface area contributed by atoms with Crippen molar-refractivity contribution in [1.82, 2.24) is 19.3 Å². The van der Waals surface area contributed by atoms with E-state index in [-0.39, 0.29) is 0 Å². The lowest BCUT2D eigenvalue weighted by atomic mass is 9.90. The van der Waals surface area contributed by atoms with Gasteiger partial charge in [-0.15, -0.1) is 0 Å². The predicted octanol–water partition coefficient (Wildman–Crippen LogP) is 2.59. The van der Waals surface area contributed by atoms with Crippen molar-refractivity contribution in [1.29, 1.82) is 0 Å². The highest BCUT2D eigenvalue weighted by Gasteiger charge is 2.25. The highest BCUT2D eigenvalue weighted by Crippen LogP contribution is 2.33. The van der Waals surface area contributed by atoms with Crippen LogP contribution in [0.4, 0.5) is 0 Å². The van der Waals surface area contributed by atoms with Gasteiger partial charge in [0.2, 0.25) is 0 Å². The molecule has 0 saturated heterocycles. The lowest BCUT2D eigenvalue weighted by Gasteiger charge is -2.23. The predicted molar refractivity (Wildman–Crippen MR) is 69.9 cm³/mol. The molecule has 96 valence electrons. The van der Waals surface area contributed by atoms with Crippen LogP contribution in [-0.2, 0) is 13.1 Å². The molecule has 0 spiro atoms. The van der Waals surface area contributed by atoms with Crippen molar-refractivity contribution in [3.63, 3.8) is 0 Å². The van der Waals surface area contributed by atoms with Crippen molar-refractivity contribution in [3.8, 4) is 0 Å². The molecule has 0 aromatic carbocycles. The van der Waals surface area contributed by atoms with Crippen molar-refractivity contribution >= 4 is 0 Å². The molecule has 0 radical (unpaired) electrons. The number of hydrogen-bond donors (Lipinski definition) is 0. The standard InChI is InChI=1S/C14H20N4/c1-2-5-13(4-1)14(10-17-9-7-15-12-17)11-18-8-3-6-16-18/h3,6-9,12-14H,1-2,4-5,10-11H2. The second-order valence-electron chi connectivity index (χ2n) is 5.29. The summed E-state index contributed by atoms with van der Waals surface area (Å²) in [6.45, 7) is 2.08. The van der Waals surface area contributed by atoms with Gasteiger partial charge in [-0.3, -0.25) is 4.68 Å². The molecule has 0 N–H and O–H groups in total. The van der Waals surface area contributed by atoms with Crippen LogP contribution in [0, 0.1) is 11.8 Å². The third kappa shape index (κ3) is 2.63. The largest absolute Gasteiger partial charge is 0.337 e. The maximum atomic E-state index is 4.35. The van der Waals surface area contributed by atoms with Crippen LogP contribution in [0.25, 0.3) is 0 Å². The van der Waals surface area contributed by atoms with Gasteiger partial charge in [0.1, 0.15) is 0 Å². The molecule has 4 heteroatoms. The summed E-state index contributed by atoms with van der Waals surface area (Å²) in [6.07, 6.45) is 15.3. The van der Waals surface area contributed by atoms with Crippen LogP contribution >= 0.6 is 0 Å². The first-order chi connectivity index (χ1) is 8.92. The van der Waals surface area contributed by atoms with Crippen LogP contribution in [0.1, 0.15) is 25.7 Å². The van der Waals surface area contributed by atoms with Crippen LogP contribution in [0.15, 0.2) is 37.2 Å². The third-order valence-electron chi connectivity index (χ3n) is 4.05. The van der Waals surface area contributed by atoms with E-state index in [1.54, 1.807) is 0 Å². The van der Waals surface area contributed by atoms with Crippen LogP contribution < -0.4 is 0 Å². The fourth-order valence-corrected chi connectivity index (χ4v) is 3.10. The van der Waals surface area contributed by atoms with E-state index in [0.717, 1.165) is 19.0 Å². The topological polar surface area (TPSA) is 35.6 Å². The molecule has 2 aromatic heterocycles. The van der Waals surface area contributed by atoms with E-state index in [0.29, 0.717) is 5.92 Å². The Morgan fingerprint density at radius 3 is 2.67 bits per heavy atom. The molecule has 1 unspecified atom stereocenters. The molecule has 18 heavy (non-hydrogen) atoms. The molecule has 2 heterocycles. The monoisotopic (exact) mass is 244 g/mol. The molecule has 0 bridgehead atoms. The van der Waals surface area contributed by atoms with E-state index in [9.17, 15) is 0 Å². The van der Waals surface area contributed by atoms with Crippen LogP contribution in [0.2, 0.25) is 0 Å². The summed E-state index contributed by atoms with van der Waals surface area (Å²) in [7, 11) is 0. The summed E-state index contributed by atoms with van der Waals surface area (Å²) < 4.78 is 4.27. The molecule has 1 aliphatic carbocycles. The van der Waals surface area contributed by atoms with Crippen molar-refractivity contribution in [2.24, 2.45) is 11.8 Å². The molecule has 1 saturated carbocycles. The van der Waals surface area contributed by atoms with Crippen LogP contribution in [0.5, 0.6) is 0 Å². The number of rotatable bonds is 5. The van der Waals surface area contributed by atoms with Crippen molar-refractivity contribution in [2.45, 2.75) is 38.8 Å². The van der Waals surface area contributed by atoms with E-state index in [4.69, 9.17) is 0 Å². The minimum atomic E-state index is 0.668. The molecule has 0 aliphatic heterocycles. The zero-order chi connectivity index (χ0) is 12.2. The fraction of sp³-hybridized carbons (Fsp3) is 0.571. The van der Waals surface area contributed by atoms with Gasteiger partial charge in [0.15, 0.2) is 0 Å². The van der Waals surface area contributed by atoms with Gasteiger partial charge in [-0.1, -0.05) is 25.7 Å². The highest BCUT2D eigenvalue weighted by atomic mass is 15.3. The van der Waals surface area contributed by atoms with Gasteiger partial charge in [0.25, 0.3) is 0 Å². The molecular formula is C14H20N4. The van der Waals surface area contributed by atoms with E-state index in [2.05, 4.69) is 31.7 Å².